The van der Waals surface area contributed by atoms with Crippen molar-refractivity contribution in [1.29, 1.82) is 0 Å². The monoisotopic (exact) mass is 442 g/mol. The van der Waals surface area contributed by atoms with Gasteiger partial charge in [-0.1, -0.05) is 23.7 Å². The number of nitrogens with one attached hydrogen (secondary N) is 1. The fraction of sp³-hybridized carbons (Fsp3) is 0.526. The van der Waals surface area contributed by atoms with Crippen molar-refractivity contribution >= 4 is 41.3 Å². The third-order valence-electron chi connectivity index (χ3n) is 4.81. The van der Waals surface area contributed by atoms with Crippen LogP contribution in [0.2, 0.25) is 5.02 Å². The number of piperazine rings is 1. The molecule has 3 N–H and O–H groups in total. The predicted octanol–water partition coefficient (Wildman–Crippen LogP) is 1.49. The number of amides is 3. The lowest BCUT2D eigenvalue weighted by atomic mass is 10.0. The van der Waals surface area contributed by atoms with Crippen LogP contribution < -0.4 is 11.1 Å². The standard InChI is InChI=1S/C19H27ClN4O4S/c1-28-18(26)16(13-4-3-5-14(20)12-13)23-7-9-24(10-8-23)17(25)15(6-11-29-2)22-19(21)27/h3-5,12,15-16H,6-11H2,1-2H3,(H3,21,22,27)/t15-,16-/m0/s1. The van der Waals surface area contributed by atoms with Gasteiger partial charge in [0.2, 0.25) is 5.91 Å². The average molecular weight is 443 g/mol. The van der Waals surface area contributed by atoms with Gasteiger partial charge in [-0.05, 0) is 36.1 Å². The van der Waals surface area contributed by atoms with Crippen molar-refractivity contribution < 1.29 is 19.1 Å². The van der Waals surface area contributed by atoms with E-state index >= 15 is 0 Å². The second kappa shape index (κ2) is 11.3. The molecule has 1 aromatic rings. The Bertz CT molecular complexity index is 728. The Hall–Kier alpha value is -1.97. The Morgan fingerprint density at radius 3 is 2.52 bits per heavy atom. The lowest BCUT2D eigenvalue weighted by Gasteiger charge is -2.39. The van der Waals surface area contributed by atoms with Crippen molar-refractivity contribution in [3.05, 3.63) is 34.9 Å². The summed E-state index contributed by atoms with van der Waals surface area (Å²) in [5.41, 5.74) is 5.97. The number of methoxy groups -OCH3 is 1. The van der Waals surface area contributed by atoms with E-state index in [4.69, 9.17) is 22.1 Å². The quantitative estimate of drug-likeness (QED) is 0.591. The van der Waals surface area contributed by atoms with Crippen molar-refractivity contribution in [2.75, 3.05) is 45.3 Å². The minimum absolute atomic E-state index is 0.158. The highest BCUT2D eigenvalue weighted by molar-refractivity contribution is 7.98. The smallest absolute Gasteiger partial charge is 0.327 e. The molecule has 1 fully saturated rings. The SMILES string of the molecule is COC(=O)[C@H](c1cccc(Cl)c1)N1CCN(C(=O)[C@H](CCSC)NC(N)=O)CC1. The van der Waals surface area contributed by atoms with Gasteiger partial charge < -0.3 is 20.7 Å². The molecule has 1 heterocycles. The molecule has 0 aliphatic carbocycles. The molecule has 160 valence electrons. The number of nitrogens with zero attached hydrogens (tertiary/aromatic N) is 2. The first-order chi connectivity index (χ1) is 13.9. The van der Waals surface area contributed by atoms with E-state index in [0.717, 1.165) is 11.3 Å². The maximum absolute atomic E-state index is 12.8. The van der Waals surface area contributed by atoms with Gasteiger partial charge in [0, 0.05) is 31.2 Å². The minimum atomic E-state index is -0.713. The summed E-state index contributed by atoms with van der Waals surface area (Å²) in [5.74, 6) is 0.200. The molecular formula is C19H27ClN4O4S. The largest absolute Gasteiger partial charge is 0.468 e. The van der Waals surface area contributed by atoms with Crippen LogP contribution in [0.3, 0.4) is 0 Å². The summed E-state index contributed by atoms with van der Waals surface area (Å²) in [6.45, 7) is 1.85. The number of carbonyl (C=O) groups excluding carboxylic acids is 3. The number of rotatable bonds is 8. The van der Waals surface area contributed by atoms with Gasteiger partial charge in [0.05, 0.1) is 7.11 Å². The Labute approximate surface area is 180 Å². The number of halogens is 1. The van der Waals surface area contributed by atoms with Crippen LogP contribution in [0.5, 0.6) is 0 Å². The van der Waals surface area contributed by atoms with Crippen molar-refractivity contribution in [2.45, 2.75) is 18.5 Å². The van der Waals surface area contributed by atoms with Crippen molar-refractivity contribution in [2.24, 2.45) is 5.73 Å². The average Bonchev–Trinajstić information content (AvgIpc) is 2.71. The third-order valence-corrected chi connectivity index (χ3v) is 5.68. The second-order valence-corrected chi connectivity index (χ2v) is 8.11. The van der Waals surface area contributed by atoms with Crippen LogP contribution in [0.1, 0.15) is 18.0 Å². The van der Waals surface area contributed by atoms with E-state index in [1.54, 1.807) is 34.9 Å². The van der Waals surface area contributed by atoms with E-state index in [1.807, 2.05) is 17.2 Å². The van der Waals surface area contributed by atoms with Gasteiger partial charge in [-0.25, -0.2) is 9.59 Å². The van der Waals surface area contributed by atoms with E-state index in [9.17, 15) is 14.4 Å². The number of ether oxygens (including phenoxy) is 1. The first kappa shape index (κ1) is 23.3. The summed E-state index contributed by atoms with van der Waals surface area (Å²) in [7, 11) is 1.35. The van der Waals surface area contributed by atoms with Gasteiger partial charge in [-0.2, -0.15) is 11.8 Å². The fourth-order valence-corrected chi connectivity index (χ4v) is 4.04. The van der Waals surface area contributed by atoms with Crippen molar-refractivity contribution in [3.8, 4) is 0 Å². The highest BCUT2D eigenvalue weighted by Crippen LogP contribution is 2.26. The molecule has 1 aliphatic heterocycles. The zero-order valence-electron chi connectivity index (χ0n) is 16.6. The number of esters is 1. The third kappa shape index (κ3) is 6.52. The second-order valence-electron chi connectivity index (χ2n) is 6.68. The number of hydrogen-bond donors (Lipinski definition) is 2. The molecule has 0 spiro atoms. The van der Waals surface area contributed by atoms with Crippen LogP contribution in [0, 0.1) is 0 Å². The van der Waals surface area contributed by atoms with Crippen LogP contribution in [-0.2, 0) is 14.3 Å². The summed E-state index contributed by atoms with van der Waals surface area (Å²) in [6.07, 6.45) is 2.45. The number of carbonyl (C=O) groups is 3. The van der Waals surface area contributed by atoms with E-state index in [0.29, 0.717) is 37.6 Å². The summed E-state index contributed by atoms with van der Waals surface area (Å²) < 4.78 is 4.99. The molecule has 3 amide bonds. The maximum atomic E-state index is 12.8. The van der Waals surface area contributed by atoms with Gasteiger partial charge in [0.25, 0.3) is 0 Å². The topological polar surface area (TPSA) is 105 Å². The molecule has 1 saturated heterocycles. The van der Waals surface area contributed by atoms with E-state index in [2.05, 4.69) is 5.32 Å². The van der Waals surface area contributed by atoms with Crippen molar-refractivity contribution in [3.63, 3.8) is 0 Å². The lowest BCUT2D eigenvalue weighted by Crippen LogP contribution is -2.56. The molecule has 1 aromatic carbocycles. The van der Waals surface area contributed by atoms with Crippen LogP contribution in [0.4, 0.5) is 4.79 Å². The van der Waals surface area contributed by atoms with E-state index in [1.165, 1.54) is 7.11 Å². The summed E-state index contributed by atoms with van der Waals surface area (Å²) in [5, 5.41) is 3.08. The Kier molecular flexibility index (Phi) is 9.06. The summed E-state index contributed by atoms with van der Waals surface area (Å²) in [6, 6.07) is 5.17. The molecule has 0 bridgehead atoms. The molecule has 2 atom stereocenters. The minimum Gasteiger partial charge on any atom is -0.468 e. The first-order valence-electron chi connectivity index (χ1n) is 9.28. The van der Waals surface area contributed by atoms with Gasteiger partial charge in [0.15, 0.2) is 0 Å². The Morgan fingerprint density at radius 1 is 1.28 bits per heavy atom. The lowest BCUT2D eigenvalue weighted by molar-refractivity contribution is -0.148. The van der Waals surface area contributed by atoms with Crippen LogP contribution >= 0.6 is 23.4 Å². The number of urea groups is 1. The molecule has 0 saturated carbocycles. The van der Waals surface area contributed by atoms with Crippen molar-refractivity contribution in [1.82, 2.24) is 15.1 Å². The zero-order chi connectivity index (χ0) is 21.4. The molecule has 8 nitrogen and oxygen atoms in total. The predicted molar refractivity (Wildman–Crippen MR) is 114 cm³/mol. The number of thioether (sulfide) groups is 1. The first-order valence-corrected chi connectivity index (χ1v) is 11.1. The van der Waals surface area contributed by atoms with Gasteiger partial charge in [0.1, 0.15) is 12.1 Å². The molecule has 2 rings (SSSR count). The van der Waals surface area contributed by atoms with Crippen LogP contribution in [0.25, 0.3) is 0 Å². The molecule has 0 aromatic heterocycles. The molecule has 10 heteroatoms. The van der Waals surface area contributed by atoms with Crippen LogP contribution in [0.15, 0.2) is 24.3 Å². The highest BCUT2D eigenvalue weighted by Gasteiger charge is 2.34. The zero-order valence-corrected chi connectivity index (χ0v) is 18.2. The molecule has 29 heavy (non-hydrogen) atoms. The highest BCUT2D eigenvalue weighted by atomic mass is 35.5. The molecule has 0 radical (unpaired) electrons. The van der Waals surface area contributed by atoms with E-state index < -0.39 is 18.1 Å². The van der Waals surface area contributed by atoms with Gasteiger partial charge in [-0.15, -0.1) is 0 Å². The summed E-state index contributed by atoms with van der Waals surface area (Å²) in [4.78, 5) is 40.2. The number of benzene rings is 1. The maximum Gasteiger partial charge on any atom is 0.327 e. The van der Waals surface area contributed by atoms with E-state index in [-0.39, 0.29) is 11.9 Å². The number of primary amides is 1. The molecule has 1 aliphatic rings. The molecule has 0 unspecified atom stereocenters. The number of hydrogen-bond acceptors (Lipinski definition) is 6. The van der Waals surface area contributed by atoms with Gasteiger partial charge in [-0.3, -0.25) is 9.69 Å². The fourth-order valence-electron chi connectivity index (χ4n) is 3.37. The molecular weight excluding hydrogens is 416 g/mol. The number of nitrogens with two attached hydrogens (primary N) is 1. The normalized spacial score (nSPS) is 16.7. The summed E-state index contributed by atoms with van der Waals surface area (Å²) >= 11 is 7.69. The Balaban J connectivity index is 2.07. The van der Waals surface area contributed by atoms with Gasteiger partial charge >= 0.3 is 12.0 Å². The Morgan fingerprint density at radius 2 is 1.97 bits per heavy atom. The van der Waals surface area contributed by atoms with Crippen LogP contribution in [-0.4, -0.2) is 79.0 Å².